The van der Waals surface area contributed by atoms with Gasteiger partial charge in [0, 0.05) is 18.8 Å². The van der Waals surface area contributed by atoms with Gasteiger partial charge in [0.05, 0.1) is 6.10 Å². The van der Waals surface area contributed by atoms with E-state index < -0.39 is 5.97 Å². The van der Waals surface area contributed by atoms with Gasteiger partial charge in [-0.05, 0) is 61.5 Å². The molecular weight excluding hydrogens is 364 g/mol. The van der Waals surface area contributed by atoms with Crippen LogP contribution >= 0.6 is 0 Å². The summed E-state index contributed by atoms with van der Waals surface area (Å²) in [6.07, 6.45) is 13.4. The molecule has 158 valence electrons. The van der Waals surface area contributed by atoms with Crippen LogP contribution in [-0.2, 0) is 9.59 Å². The van der Waals surface area contributed by atoms with Crippen LogP contribution < -0.4 is 0 Å². The molecule has 0 saturated heterocycles. The van der Waals surface area contributed by atoms with Gasteiger partial charge < -0.3 is 10.2 Å². The molecule has 0 heterocycles. The average Bonchev–Trinajstić information content (AvgIpc) is 3.11. The highest BCUT2D eigenvalue weighted by Crippen LogP contribution is 2.40. The molecule has 0 amide bonds. The second kappa shape index (κ2) is 10.7. The molecule has 0 aliphatic heterocycles. The number of Topliss-reactive ketones (excluding diaryl/α,β-unsaturated/α-hetero) is 1. The van der Waals surface area contributed by atoms with E-state index in [-0.39, 0.29) is 24.4 Å². The van der Waals surface area contributed by atoms with E-state index in [1.54, 1.807) is 0 Å². The van der Waals surface area contributed by atoms with Gasteiger partial charge in [0.15, 0.2) is 0 Å². The lowest BCUT2D eigenvalue weighted by atomic mass is 9.81. The van der Waals surface area contributed by atoms with Crippen LogP contribution in [0.3, 0.4) is 0 Å². The second-order valence-corrected chi connectivity index (χ2v) is 8.72. The fourth-order valence-electron chi connectivity index (χ4n) is 5.00. The maximum Gasteiger partial charge on any atom is 0.303 e. The number of aliphatic hydroxyl groups is 1. The molecule has 0 aromatic heterocycles. The maximum absolute atomic E-state index is 12.4. The van der Waals surface area contributed by atoms with Crippen molar-refractivity contribution in [2.45, 2.75) is 82.7 Å². The van der Waals surface area contributed by atoms with Crippen LogP contribution in [0.5, 0.6) is 0 Å². The molecule has 3 rings (SSSR count). The number of aliphatic carboxylic acids is 1. The van der Waals surface area contributed by atoms with Crippen LogP contribution in [0.15, 0.2) is 36.4 Å². The van der Waals surface area contributed by atoms with Crippen molar-refractivity contribution < 1.29 is 19.8 Å². The van der Waals surface area contributed by atoms with Crippen LogP contribution in [0, 0.1) is 11.8 Å². The van der Waals surface area contributed by atoms with Crippen molar-refractivity contribution in [3.63, 3.8) is 0 Å². The first-order valence-electron chi connectivity index (χ1n) is 11.2. The Hall–Kier alpha value is -1.94. The maximum atomic E-state index is 12.4. The number of carbonyl (C=O) groups excluding carboxylic acids is 1. The summed E-state index contributed by atoms with van der Waals surface area (Å²) in [7, 11) is 0. The number of hydrogen-bond donors (Lipinski definition) is 2. The van der Waals surface area contributed by atoms with E-state index in [1.165, 1.54) is 24.8 Å². The molecule has 0 bridgehead atoms. The molecule has 1 aromatic carbocycles. The van der Waals surface area contributed by atoms with E-state index in [4.69, 9.17) is 5.11 Å². The Bertz CT molecular complexity index is 700. The lowest BCUT2D eigenvalue weighted by Gasteiger charge is -2.27. The summed E-state index contributed by atoms with van der Waals surface area (Å²) in [6.45, 7) is 0. The average molecular weight is 399 g/mol. The van der Waals surface area contributed by atoms with Gasteiger partial charge in [0.2, 0.25) is 0 Å². The van der Waals surface area contributed by atoms with E-state index in [9.17, 15) is 14.7 Å². The summed E-state index contributed by atoms with van der Waals surface area (Å²) in [6, 6.07) is 8.31. The van der Waals surface area contributed by atoms with Crippen molar-refractivity contribution >= 4 is 11.8 Å². The molecule has 3 atom stereocenters. The van der Waals surface area contributed by atoms with Gasteiger partial charge in [-0.3, -0.25) is 9.59 Å². The van der Waals surface area contributed by atoms with Crippen LogP contribution in [0.2, 0.25) is 0 Å². The summed E-state index contributed by atoms with van der Waals surface area (Å²) in [5, 5.41) is 19.4. The topological polar surface area (TPSA) is 74.6 Å². The monoisotopic (exact) mass is 398 g/mol. The number of carboxylic acid groups (broad SMARTS) is 1. The molecule has 2 aliphatic rings. The van der Waals surface area contributed by atoms with Gasteiger partial charge in [-0.15, -0.1) is 0 Å². The Kier molecular flexibility index (Phi) is 8.05. The zero-order chi connectivity index (χ0) is 20.6. The summed E-state index contributed by atoms with van der Waals surface area (Å²) >= 11 is 0. The number of benzene rings is 1. The first kappa shape index (κ1) is 21.8. The first-order chi connectivity index (χ1) is 14.1. The van der Waals surface area contributed by atoms with E-state index in [0.29, 0.717) is 24.5 Å². The van der Waals surface area contributed by atoms with Crippen molar-refractivity contribution in [3.8, 4) is 0 Å². The number of hydrogen-bond acceptors (Lipinski definition) is 3. The summed E-state index contributed by atoms with van der Waals surface area (Å²) < 4.78 is 0. The van der Waals surface area contributed by atoms with Crippen molar-refractivity contribution in [2.24, 2.45) is 11.8 Å². The van der Waals surface area contributed by atoms with E-state index >= 15 is 0 Å². The molecular formula is C25H34O4. The van der Waals surface area contributed by atoms with Crippen molar-refractivity contribution in [2.75, 3.05) is 0 Å². The normalized spacial score (nSPS) is 24.2. The quantitative estimate of drug-likeness (QED) is 0.421. The molecule has 2 saturated carbocycles. The highest BCUT2D eigenvalue weighted by molar-refractivity contribution is 5.84. The predicted octanol–water partition coefficient (Wildman–Crippen LogP) is 5.56. The van der Waals surface area contributed by atoms with Gasteiger partial charge in [0.1, 0.15) is 5.78 Å². The molecule has 2 N–H and O–H groups in total. The molecule has 0 spiro atoms. The van der Waals surface area contributed by atoms with Crippen LogP contribution in [0.4, 0.5) is 0 Å². The highest BCUT2D eigenvalue weighted by Gasteiger charge is 2.34. The fourth-order valence-corrected chi connectivity index (χ4v) is 5.00. The summed E-state index contributed by atoms with van der Waals surface area (Å²) in [4.78, 5) is 23.0. The SMILES string of the molecule is O=C(O)CCC/C=C\C[C@H]1C(=O)CC[C@@H]1c1ccc([C@H](O)C2CCCCC2)cc1. The first-order valence-corrected chi connectivity index (χ1v) is 11.2. The van der Waals surface area contributed by atoms with Gasteiger partial charge in [-0.2, -0.15) is 0 Å². The third kappa shape index (κ3) is 6.02. The van der Waals surface area contributed by atoms with Crippen LogP contribution in [0.1, 0.15) is 93.8 Å². The lowest BCUT2D eigenvalue weighted by Crippen LogP contribution is -2.16. The number of carbonyl (C=O) groups is 2. The molecule has 2 aliphatic carbocycles. The Morgan fingerprint density at radius 2 is 1.79 bits per heavy atom. The minimum Gasteiger partial charge on any atom is -0.481 e. The zero-order valence-electron chi connectivity index (χ0n) is 17.3. The Balaban J connectivity index is 1.57. The highest BCUT2D eigenvalue weighted by atomic mass is 16.4. The van der Waals surface area contributed by atoms with E-state index in [0.717, 1.165) is 37.7 Å². The number of ketones is 1. The number of allylic oxidation sites excluding steroid dienone is 2. The minimum absolute atomic E-state index is 0.0137. The van der Waals surface area contributed by atoms with Crippen LogP contribution in [-0.4, -0.2) is 22.0 Å². The fraction of sp³-hybridized carbons (Fsp3) is 0.600. The molecule has 2 fully saturated rings. The largest absolute Gasteiger partial charge is 0.481 e. The second-order valence-electron chi connectivity index (χ2n) is 8.72. The van der Waals surface area contributed by atoms with Gasteiger partial charge >= 0.3 is 5.97 Å². The lowest BCUT2D eigenvalue weighted by molar-refractivity contribution is -0.137. The molecule has 1 aromatic rings. The molecule has 0 unspecified atom stereocenters. The molecule has 29 heavy (non-hydrogen) atoms. The number of rotatable bonds is 9. The van der Waals surface area contributed by atoms with E-state index in [1.807, 2.05) is 12.2 Å². The van der Waals surface area contributed by atoms with Gasteiger partial charge in [-0.1, -0.05) is 55.7 Å². The smallest absolute Gasteiger partial charge is 0.303 e. The predicted molar refractivity (Wildman–Crippen MR) is 114 cm³/mol. The Morgan fingerprint density at radius 1 is 1.07 bits per heavy atom. The van der Waals surface area contributed by atoms with E-state index in [2.05, 4.69) is 24.3 Å². The van der Waals surface area contributed by atoms with Crippen molar-refractivity contribution in [1.82, 2.24) is 0 Å². The summed E-state index contributed by atoms with van der Waals surface area (Å²) in [5.41, 5.74) is 2.19. The Labute approximate surface area is 174 Å². The third-order valence-corrected chi connectivity index (χ3v) is 6.72. The molecule has 0 radical (unpaired) electrons. The van der Waals surface area contributed by atoms with Gasteiger partial charge in [-0.25, -0.2) is 0 Å². The molecule has 4 nitrogen and oxygen atoms in total. The van der Waals surface area contributed by atoms with Crippen LogP contribution in [0.25, 0.3) is 0 Å². The van der Waals surface area contributed by atoms with Crippen molar-refractivity contribution in [3.05, 3.63) is 47.5 Å². The number of unbranched alkanes of at least 4 members (excludes halogenated alkanes) is 1. The van der Waals surface area contributed by atoms with Crippen molar-refractivity contribution in [1.29, 1.82) is 0 Å². The molecule has 4 heteroatoms. The number of carboxylic acids is 1. The standard InChI is InChI=1S/C25H34O4/c26-23-17-16-21(22(23)10-6-1-2-7-11-24(27)28)18-12-14-20(15-13-18)25(29)19-8-4-3-5-9-19/h1,6,12-15,19,21-22,25,29H,2-5,7-11,16-17H2,(H,27,28)/b6-1-/t21-,22-,25-/m1/s1. The van der Waals surface area contributed by atoms with Gasteiger partial charge in [0.25, 0.3) is 0 Å². The zero-order valence-corrected chi connectivity index (χ0v) is 17.3. The summed E-state index contributed by atoms with van der Waals surface area (Å²) in [5.74, 6) is 0.201. The Morgan fingerprint density at radius 3 is 2.48 bits per heavy atom. The third-order valence-electron chi connectivity index (χ3n) is 6.72. The number of aliphatic hydroxyl groups excluding tert-OH is 1. The minimum atomic E-state index is -0.763.